The summed E-state index contributed by atoms with van der Waals surface area (Å²) in [5.74, 6) is 0.839. The van der Waals surface area contributed by atoms with Crippen molar-refractivity contribution < 1.29 is 14.6 Å². The average Bonchev–Trinajstić information content (AvgIpc) is 3.18. The maximum absolute atomic E-state index is 12.6. The van der Waals surface area contributed by atoms with Crippen molar-refractivity contribution in [2.45, 2.75) is 31.9 Å². The van der Waals surface area contributed by atoms with Crippen LogP contribution in [0.3, 0.4) is 0 Å². The maximum atomic E-state index is 12.6. The Morgan fingerprint density at radius 2 is 1.72 bits per heavy atom. The Balaban J connectivity index is 1.31. The molecule has 32 heavy (non-hydrogen) atoms. The molecule has 0 spiro atoms. The van der Waals surface area contributed by atoms with Gasteiger partial charge in [-0.3, -0.25) is 9.69 Å². The number of para-hydroxylation sites is 1. The highest BCUT2D eigenvalue weighted by molar-refractivity contribution is 6.32. The molecule has 1 fully saturated rings. The third-order valence-corrected chi connectivity index (χ3v) is 6.87. The van der Waals surface area contributed by atoms with Gasteiger partial charge in [-0.2, -0.15) is 0 Å². The molecule has 3 aromatic rings. The fourth-order valence-corrected chi connectivity index (χ4v) is 4.95. The van der Waals surface area contributed by atoms with E-state index in [1.165, 1.54) is 5.57 Å². The number of fused-ring (bicyclic) bond motifs is 2. The van der Waals surface area contributed by atoms with Crippen LogP contribution in [-0.2, 0) is 4.79 Å². The lowest BCUT2D eigenvalue weighted by atomic mass is 9.92. The monoisotopic (exact) mass is 428 g/mol. The van der Waals surface area contributed by atoms with Gasteiger partial charge in [0.25, 0.3) is 5.91 Å². The van der Waals surface area contributed by atoms with Crippen molar-refractivity contribution in [2.75, 3.05) is 25.5 Å². The topological polar surface area (TPSA) is 61.8 Å². The molecule has 2 aliphatic heterocycles. The molecule has 2 atom stereocenters. The number of nitrogens with one attached hydrogen (secondary N) is 1. The second-order valence-electron chi connectivity index (χ2n) is 8.67. The Hall–Kier alpha value is -3.15. The second kappa shape index (κ2) is 8.41. The number of carbonyl (C=O) groups excluding carboxylic acids is 1. The molecule has 2 heterocycles. The van der Waals surface area contributed by atoms with E-state index in [0.29, 0.717) is 0 Å². The highest BCUT2D eigenvalue weighted by Gasteiger charge is 2.31. The van der Waals surface area contributed by atoms with E-state index < -0.39 is 6.10 Å². The molecule has 0 aromatic heterocycles. The van der Waals surface area contributed by atoms with Crippen molar-refractivity contribution in [3.63, 3.8) is 0 Å². The van der Waals surface area contributed by atoms with Crippen molar-refractivity contribution in [1.82, 2.24) is 4.90 Å². The number of aliphatic hydroxyl groups is 1. The number of methoxy groups -OCH3 is 1. The number of benzene rings is 3. The summed E-state index contributed by atoms with van der Waals surface area (Å²) in [6, 6.07) is 20.0. The van der Waals surface area contributed by atoms with E-state index in [9.17, 15) is 9.90 Å². The summed E-state index contributed by atoms with van der Waals surface area (Å²) in [4.78, 5) is 14.9. The van der Waals surface area contributed by atoms with Gasteiger partial charge in [0.15, 0.2) is 0 Å². The van der Waals surface area contributed by atoms with Crippen LogP contribution in [0.2, 0.25) is 0 Å². The SMILES string of the molecule is COc1ccc2cc(C(O)C(C)N3CCC(=C4C(=O)Nc5ccccc54)CC3)ccc2c1. The van der Waals surface area contributed by atoms with Gasteiger partial charge >= 0.3 is 0 Å². The van der Waals surface area contributed by atoms with Crippen LogP contribution >= 0.6 is 0 Å². The lowest BCUT2D eigenvalue weighted by molar-refractivity contribution is -0.110. The van der Waals surface area contributed by atoms with E-state index in [4.69, 9.17) is 4.74 Å². The number of nitrogens with zero attached hydrogens (tertiary/aromatic N) is 1. The van der Waals surface area contributed by atoms with Gasteiger partial charge in [0.2, 0.25) is 0 Å². The van der Waals surface area contributed by atoms with Crippen LogP contribution < -0.4 is 10.1 Å². The predicted octanol–water partition coefficient (Wildman–Crippen LogP) is 4.77. The molecule has 5 heteroatoms. The number of rotatable bonds is 4. The Morgan fingerprint density at radius 1 is 1.00 bits per heavy atom. The number of aliphatic hydroxyl groups excluding tert-OH is 1. The molecule has 0 aliphatic carbocycles. The minimum Gasteiger partial charge on any atom is -0.497 e. The molecule has 1 saturated heterocycles. The largest absolute Gasteiger partial charge is 0.497 e. The van der Waals surface area contributed by atoms with Crippen LogP contribution in [0.1, 0.15) is 37.0 Å². The molecule has 0 bridgehead atoms. The third kappa shape index (κ3) is 3.68. The molecule has 2 unspecified atom stereocenters. The number of amides is 1. The summed E-state index contributed by atoms with van der Waals surface area (Å²) in [5, 5.41) is 16.3. The molecular formula is C27H28N2O3. The van der Waals surface area contributed by atoms with Crippen molar-refractivity contribution >= 4 is 27.9 Å². The van der Waals surface area contributed by atoms with E-state index in [2.05, 4.69) is 23.2 Å². The molecule has 5 rings (SSSR count). The summed E-state index contributed by atoms with van der Waals surface area (Å²) < 4.78 is 5.30. The van der Waals surface area contributed by atoms with Crippen molar-refractivity contribution in [3.05, 3.63) is 77.4 Å². The summed E-state index contributed by atoms with van der Waals surface area (Å²) in [6.45, 7) is 3.74. The zero-order valence-electron chi connectivity index (χ0n) is 18.5. The van der Waals surface area contributed by atoms with Crippen LogP contribution in [0.5, 0.6) is 5.75 Å². The van der Waals surface area contributed by atoms with Crippen LogP contribution in [0.25, 0.3) is 16.3 Å². The number of piperidine rings is 1. The van der Waals surface area contributed by atoms with Gasteiger partial charge < -0.3 is 15.2 Å². The standard InChI is InChI=1S/C27H28N2O3/c1-17(26(30)21-8-7-20-16-22(32-2)10-9-19(20)15-21)29-13-11-18(12-14-29)25-23-5-3-4-6-24(23)28-27(25)31/h3-10,15-17,26,30H,11-14H2,1-2H3,(H,28,31). The second-order valence-corrected chi connectivity index (χ2v) is 8.67. The van der Waals surface area contributed by atoms with Crippen LogP contribution in [-0.4, -0.2) is 42.2 Å². The Morgan fingerprint density at radius 3 is 2.50 bits per heavy atom. The van der Waals surface area contributed by atoms with E-state index >= 15 is 0 Å². The Kier molecular flexibility index (Phi) is 5.45. The Labute approximate surface area is 188 Å². The molecule has 2 aliphatic rings. The molecule has 3 aromatic carbocycles. The fraction of sp³-hybridized carbons (Fsp3) is 0.296. The van der Waals surface area contributed by atoms with Gasteiger partial charge in [0.1, 0.15) is 5.75 Å². The smallest absolute Gasteiger partial charge is 0.256 e. The minimum absolute atomic E-state index is 0.00975. The van der Waals surface area contributed by atoms with E-state index in [1.807, 2.05) is 54.6 Å². The van der Waals surface area contributed by atoms with Gasteiger partial charge in [0, 0.05) is 36.0 Å². The van der Waals surface area contributed by atoms with Gasteiger partial charge in [-0.05, 0) is 60.4 Å². The van der Waals surface area contributed by atoms with Crippen LogP contribution in [0, 0.1) is 0 Å². The first-order valence-electron chi connectivity index (χ1n) is 11.2. The van der Waals surface area contributed by atoms with Crippen molar-refractivity contribution in [2.24, 2.45) is 0 Å². The number of likely N-dealkylation sites (tertiary alicyclic amines) is 1. The molecule has 1 amide bonds. The van der Waals surface area contributed by atoms with Gasteiger partial charge in [-0.25, -0.2) is 0 Å². The van der Waals surface area contributed by atoms with Crippen LogP contribution in [0.15, 0.2) is 66.2 Å². The molecule has 164 valence electrons. The van der Waals surface area contributed by atoms with E-state index in [1.54, 1.807) is 7.11 Å². The van der Waals surface area contributed by atoms with Crippen molar-refractivity contribution in [1.29, 1.82) is 0 Å². The maximum Gasteiger partial charge on any atom is 0.256 e. The zero-order chi connectivity index (χ0) is 22.2. The molecule has 0 radical (unpaired) electrons. The predicted molar refractivity (Wildman–Crippen MR) is 128 cm³/mol. The first-order chi connectivity index (χ1) is 15.5. The number of hydrogen-bond acceptors (Lipinski definition) is 4. The van der Waals surface area contributed by atoms with Gasteiger partial charge in [0.05, 0.1) is 13.2 Å². The lowest BCUT2D eigenvalue weighted by Crippen LogP contribution is -2.41. The first kappa shape index (κ1) is 20.7. The number of ether oxygens (including phenoxy) is 1. The Bertz CT molecular complexity index is 1210. The lowest BCUT2D eigenvalue weighted by Gasteiger charge is -2.36. The van der Waals surface area contributed by atoms with Crippen molar-refractivity contribution in [3.8, 4) is 5.75 Å². The molecule has 5 nitrogen and oxygen atoms in total. The van der Waals surface area contributed by atoms with E-state index in [-0.39, 0.29) is 11.9 Å². The summed E-state index contributed by atoms with van der Waals surface area (Å²) in [5.41, 5.74) is 4.90. The number of hydrogen-bond donors (Lipinski definition) is 2. The van der Waals surface area contributed by atoms with E-state index in [0.717, 1.165) is 64.8 Å². The normalized spacial score (nSPS) is 18.4. The molecular weight excluding hydrogens is 400 g/mol. The van der Waals surface area contributed by atoms with Gasteiger partial charge in [-0.15, -0.1) is 0 Å². The minimum atomic E-state index is -0.578. The highest BCUT2D eigenvalue weighted by Crippen LogP contribution is 2.37. The quantitative estimate of drug-likeness (QED) is 0.588. The average molecular weight is 429 g/mol. The van der Waals surface area contributed by atoms with Gasteiger partial charge in [-0.1, -0.05) is 42.0 Å². The number of carbonyl (C=O) groups is 1. The molecule has 0 saturated carbocycles. The summed E-state index contributed by atoms with van der Waals surface area (Å²) >= 11 is 0. The molecule has 2 N–H and O–H groups in total. The summed E-state index contributed by atoms with van der Waals surface area (Å²) in [6.07, 6.45) is 1.10. The third-order valence-electron chi connectivity index (χ3n) is 6.87. The van der Waals surface area contributed by atoms with Crippen LogP contribution in [0.4, 0.5) is 5.69 Å². The zero-order valence-corrected chi connectivity index (χ0v) is 18.5. The summed E-state index contributed by atoms with van der Waals surface area (Å²) in [7, 11) is 1.67. The number of anilines is 1. The highest BCUT2D eigenvalue weighted by atomic mass is 16.5. The first-order valence-corrected chi connectivity index (χ1v) is 11.2. The fourth-order valence-electron chi connectivity index (χ4n) is 4.95.